The number of benzene rings is 1. The molecule has 2 heterocycles. The van der Waals surface area contributed by atoms with Gasteiger partial charge in [-0.05, 0) is 25.5 Å². The van der Waals surface area contributed by atoms with E-state index in [0.29, 0.717) is 22.2 Å². The Kier molecular flexibility index (Phi) is 3.02. The minimum absolute atomic E-state index is 0.0727. The minimum Gasteiger partial charge on any atom is -0.268 e. The Bertz CT molecular complexity index is 1060. The normalized spacial score (nSPS) is 12.2. The van der Waals surface area contributed by atoms with Crippen molar-refractivity contribution in [2.75, 3.05) is 0 Å². The summed E-state index contributed by atoms with van der Waals surface area (Å²) in [5.74, 6) is 0. The molecule has 1 aromatic carbocycles. The second-order valence-electron chi connectivity index (χ2n) is 4.95. The molecule has 3 rings (SSSR count). The van der Waals surface area contributed by atoms with Gasteiger partial charge in [0.2, 0.25) is 0 Å². The van der Waals surface area contributed by atoms with Crippen molar-refractivity contribution < 1.29 is 4.92 Å². The van der Waals surface area contributed by atoms with Crippen molar-refractivity contribution in [2.45, 2.75) is 13.8 Å². The van der Waals surface area contributed by atoms with Gasteiger partial charge in [0.05, 0.1) is 16.0 Å². The Morgan fingerprint density at radius 3 is 2.73 bits per heavy atom. The number of aromatic nitrogens is 2. The quantitative estimate of drug-likeness (QED) is 0.536. The van der Waals surface area contributed by atoms with E-state index in [1.54, 1.807) is 6.07 Å². The number of hydrogen-bond donors (Lipinski definition) is 0. The van der Waals surface area contributed by atoms with E-state index in [2.05, 4.69) is 11.6 Å². The monoisotopic (exact) mass is 295 g/mol. The molecule has 0 amide bonds. The van der Waals surface area contributed by atoms with Gasteiger partial charge < -0.3 is 0 Å². The second-order valence-corrected chi connectivity index (χ2v) is 4.95. The van der Waals surface area contributed by atoms with E-state index in [0.717, 1.165) is 10.8 Å². The van der Waals surface area contributed by atoms with Crippen LogP contribution in [0.2, 0.25) is 0 Å². The van der Waals surface area contributed by atoms with Crippen LogP contribution >= 0.6 is 0 Å². The van der Waals surface area contributed by atoms with Gasteiger partial charge in [-0.15, -0.1) is 0 Å². The summed E-state index contributed by atoms with van der Waals surface area (Å²) >= 11 is 0. The average Bonchev–Trinajstić information content (AvgIpc) is 2.86. The summed E-state index contributed by atoms with van der Waals surface area (Å²) in [5, 5.41) is 11.8. The molecule has 0 unspecified atom stereocenters. The van der Waals surface area contributed by atoms with Crippen LogP contribution in [0.25, 0.3) is 28.8 Å². The number of nitrogens with zero attached hydrogens (tertiary/aromatic N) is 3. The molecule has 0 aliphatic carbocycles. The SMILES string of the molecule is C=Cc1c(C)/c(=C\C)c2nc3ccc([N+](=O)[O-])cc3n2c1=O. The summed E-state index contributed by atoms with van der Waals surface area (Å²) < 4.78 is 1.42. The highest BCUT2D eigenvalue weighted by molar-refractivity contribution is 5.83. The van der Waals surface area contributed by atoms with Gasteiger partial charge in [0, 0.05) is 22.9 Å². The van der Waals surface area contributed by atoms with Gasteiger partial charge in [-0.2, -0.15) is 0 Å². The van der Waals surface area contributed by atoms with Crippen LogP contribution in [0.15, 0.2) is 29.6 Å². The highest BCUT2D eigenvalue weighted by Crippen LogP contribution is 2.20. The number of pyridine rings is 1. The minimum atomic E-state index is -0.487. The molecule has 22 heavy (non-hydrogen) atoms. The Hall–Kier alpha value is -3.02. The van der Waals surface area contributed by atoms with E-state index in [4.69, 9.17) is 0 Å². The molecule has 0 atom stereocenters. The fourth-order valence-corrected chi connectivity index (χ4v) is 2.74. The molecule has 0 spiro atoms. The van der Waals surface area contributed by atoms with Crippen molar-refractivity contribution in [3.8, 4) is 0 Å². The molecule has 0 N–H and O–H groups in total. The summed E-state index contributed by atoms with van der Waals surface area (Å²) in [5.41, 5.74) is 2.43. The lowest BCUT2D eigenvalue weighted by atomic mass is 10.1. The first-order valence-electron chi connectivity index (χ1n) is 6.71. The van der Waals surface area contributed by atoms with Crippen molar-refractivity contribution in [2.24, 2.45) is 0 Å². The van der Waals surface area contributed by atoms with Crippen LogP contribution in [0.5, 0.6) is 0 Å². The molecular weight excluding hydrogens is 282 g/mol. The predicted molar refractivity (Wildman–Crippen MR) is 85.8 cm³/mol. The van der Waals surface area contributed by atoms with Crippen LogP contribution < -0.4 is 10.8 Å². The lowest BCUT2D eigenvalue weighted by Crippen LogP contribution is -2.25. The molecular formula is C16H13N3O3. The van der Waals surface area contributed by atoms with Crippen LogP contribution in [0.4, 0.5) is 5.69 Å². The first-order chi connectivity index (χ1) is 10.5. The maximum Gasteiger partial charge on any atom is 0.271 e. The number of rotatable bonds is 2. The van der Waals surface area contributed by atoms with E-state index in [1.807, 2.05) is 19.9 Å². The molecule has 110 valence electrons. The summed E-state index contributed by atoms with van der Waals surface area (Å²) in [6, 6.07) is 4.32. The predicted octanol–water partition coefficient (Wildman–Crippen LogP) is 2.23. The molecule has 0 saturated carbocycles. The fourth-order valence-electron chi connectivity index (χ4n) is 2.74. The van der Waals surface area contributed by atoms with Crippen molar-refractivity contribution in [3.63, 3.8) is 0 Å². The van der Waals surface area contributed by atoms with Crippen LogP contribution in [0.1, 0.15) is 18.1 Å². The Morgan fingerprint density at radius 2 is 2.14 bits per heavy atom. The zero-order valence-corrected chi connectivity index (χ0v) is 12.2. The lowest BCUT2D eigenvalue weighted by molar-refractivity contribution is -0.384. The summed E-state index contributed by atoms with van der Waals surface area (Å²) in [6.45, 7) is 7.39. The van der Waals surface area contributed by atoms with E-state index >= 15 is 0 Å². The second kappa shape index (κ2) is 4.77. The fraction of sp³-hybridized carbons (Fsp3) is 0.125. The maximum atomic E-state index is 12.7. The number of nitro groups is 1. The highest BCUT2D eigenvalue weighted by atomic mass is 16.6. The zero-order chi connectivity index (χ0) is 16.0. The topological polar surface area (TPSA) is 77.5 Å². The smallest absolute Gasteiger partial charge is 0.268 e. The molecule has 6 nitrogen and oxygen atoms in total. The van der Waals surface area contributed by atoms with Crippen molar-refractivity contribution >= 4 is 34.5 Å². The average molecular weight is 295 g/mol. The highest BCUT2D eigenvalue weighted by Gasteiger charge is 2.16. The van der Waals surface area contributed by atoms with Gasteiger partial charge in [0.1, 0.15) is 5.65 Å². The number of imidazole rings is 1. The molecule has 3 aromatic rings. The molecule has 0 saturated heterocycles. The van der Waals surface area contributed by atoms with Gasteiger partial charge in [-0.25, -0.2) is 4.98 Å². The van der Waals surface area contributed by atoms with Gasteiger partial charge >= 0.3 is 0 Å². The third-order valence-electron chi connectivity index (χ3n) is 3.82. The first kappa shape index (κ1) is 13.9. The largest absolute Gasteiger partial charge is 0.271 e. The van der Waals surface area contributed by atoms with Gasteiger partial charge in [-0.1, -0.05) is 18.7 Å². The van der Waals surface area contributed by atoms with Gasteiger partial charge in [0.15, 0.2) is 0 Å². The van der Waals surface area contributed by atoms with Crippen LogP contribution in [-0.2, 0) is 0 Å². The van der Waals surface area contributed by atoms with Crippen molar-refractivity contribution in [3.05, 3.63) is 61.6 Å². The molecule has 2 aromatic heterocycles. The maximum absolute atomic E-state index is 12.7. The van der Waals surface area contributed by atoms with Crippen molar-refractivity contribution in [1.82, 2.24) is 9.38 Å². The Balaban J connectivity index is 2.66. The third-order valence-corrected chi connectivity index (χ3v) is 3.82. The number of nitro benzene ring substituents is 1. The van der Waals surface area contributed by atoms with Crippen LogP contribution in [0, 0.1) is 17.0 Å². The van der Waals surface area contributed by atoms with E-state index in [9.17, 15) is 14.9 Å². The molecule has 0 bridgehead atoms. The third kappa shape index (κ3) is 1.74. The lowest BCUT2D eigenvalue weighted by Gasteiger charge is -2.03. The zero-order valence-electron chi connectivity index (χ0n) is 12.2. The molecule has 0 aliphatic rings. The molecule has 0 fully saturated rings. The van der Waals surface area contributed by atoms with Gasteiger partial charge in [-0.3, -0.25) is 19.3 Å². The molecule has 0 aliphatic heterocycles. The first-order valence-corrected chi connectivity index (χ1v) is 6.71. The van der Waals surface area contributed by atoms with Crippen molar-refractivity contribution in [1.29, 1.82) is 0 Å². The molecule has 6 heteroatoms. The number of fused-ring (bicyclic) bond motifs is 3. The number of non-ortho nitro benzene ring substituents is 1. The summed E-state index contributed by atoms with van der Waals surface area (Å²) in [7, 11) is 0. The summed E-state index contributed by atoms with van der Waals surface area (Å²) in [4.78, 5) is 27.6. The molecule has 0 radical (unpaired) electrons. The Labute approximate surface area is 125 Å². The van der Waals surface area contributed by atoms with Crippen LogP contribution in [-0.4, -0.2) is 14.3 Å². The number of hydrogen-bond acceptors (Lipinski definition) is 4. The standard InChI is InChI=1S/C16H13N3O3/c1-4-11-9(3)12(5-2)16(20)18-14-8-10(19(21)22)6-7-13(14)17-15(11)18/h4-8H,2H2,1,3H3/b11-4+. The van der Waals surface area contributed by atoms with E-state index < -0.39 is 4.92 Å². The van der Waals surface area contributed by atoms with E-state index in [-0.39, 0.29) is 11.2 Å². The van der Waals surface area contributed by atoms with Gasteiger partial charge in [0.25, 0.3) is 11.2 Å². The summed E-state index contributed by atoms with van der Waals surface area (Å²) in [6.07, 6.45) is 3.38. The van der Waals surface area contributed by atoms with Crippen LogP contribution in [0.3, 0.4) is 0 Å². The Morgan fingerprint density at radius 1 is 1.41 bits per heavy atom. The van der Waals surface area contributed by atoms with E-state index in [1.165, 1.54) is 22.6 Å².